The normalized spacial score (nSPS) is 24.3. The van der Waals surface area contributed by atoms with Gasteiger partial charge in [0.15, 0.2) is 0 Å². The van der Waals surface area contributed by atoms with Crippen molar-refractivity contribution in [2.24, 2.45) is 17.3 Å². The molecule has 0 N–H and O–H groups in total. The number of ether oxygens (including phenoxy) is 5. The standard InChI is InChI=1S/C40H43F9O5/c1-36-19-18-32-31-15-13-30(51-23-22-50-28-9-11-29(12-10-28)53-25-26-6-3-2-4-7-26)24-27(31)8-14-33(32)34(36)16-17-35(36)52-20-5-21-54-37(38(41,42)43,39(44,45)46)40(47,48)49/h2-4,6-7,9-13,15,24,32-35H,5,8,14,16-23,25H2,1H3/t32-,33-,34+,35+,36+/m1/s1. The van der Waals surface area contributed by atoms with Crippen molar-refractivity contribution >= 4 is 0 Å². The Morgan fingerprint density at radius 3 is 1.91 bits per heavy atom. The molecular weight excluding hydrogens is 731 g/mol. The number of benzene rings is 3. The molecule has 0 saturated heterocycles. The number of fused-ring (bicyclic) bond motifs is 5. The number of halogens is 9. The summed E-state index contributed by atoms with van der Waals surface area (Å²) in [7, 11) is 0. The van der Waals surface area contributed by atoms with Gasteiger partial charge in [0, 0.05) is 6.61 Å². The van der Waals surface area contributed by atoms with Gasteiger partial charge in [-0.15, -0.1) is 0 Å². The van der Waals surface area contributed by atoms with E-state index in [4.69, 9.17) is 18.9 Å². The highest BCUT2D eigenvalue weighted by molar-refractivity contribution is 5.41. The summed E-state index contributed by atoms with van der Waals surface area (Å²) in [5, 5.41) is 0. The zero-order valence-electron chi connectivity index (χ0n) is 29.7. The van der Waals surface area contributed by atoms with Gasteiger partial charge >= 0.3 is 24.1 Å². The summed E-state index contributed by atoms with van der Waals surface area (Å²) < 4.78 is 146. The molecule has 0 aromatic heterocycles. The molecule has 0 aliphatic heterocycles. The lowest BCUT2D eigenvalue weighted by Crippen LogP contribution is -2.67. The van der Waals surface area contributed by atoms with Gasteiger partial charge in [-0.2, -0.15) is 39.5 Å². The van der Waals surface area contributed by atoms with Crippen LogP contribution in [-0.2, 0) is 22.5 Å². The molecule has 14 heteroatoms. The van der Waals surface area contributed by atoms with Crippen molar-refractivity contribution in [2.75, 3.05) is 26.4 Å². The van der Waals surface area contributed by atoms with Crippen LogP contribution in [0.3, 0.4) is 0 Å². The average molecular weight is 775 g/mol. The predicted molar refractivity (Wildman–Crippen MR) is 180 cm³/mol. The lowest BCUT2D eigenvalue weighted by atomic mass is 9.55. The molecule has 3 aliphatic carbocycles. The third kappa shape index (κ3) is 8.15. The van der Waals surface area contributed by atoms with Gasteiger partial charge in [0.25, 0.3) is 0 Å². The third-order valence-corrected chi connectivity index (χ3v) is 11.4. The molecule has 0 bridgehead atoms. The molecule has 3 aromatic carbocycles. The molecule has 0 amide bonds. The van der Waals surface area contributed by atoms with Crippen LogP contribution in [0.5, 0.6) is 17.2 Å². The minimum absolute atomic E-state index is 0.272. The number of hydrogen-bond acceptors (Lipinski definition) is 5. The Kier molecular flexibility index (Phi) is 11.7. The van der Waals surface area contributed by atoms with Crippen LogP contribution < -0.4 is 14.2 Å². The fourth-order valence-corrected chi connectivity index (χ4v) is 8.80. The molecule has 0 radical (unpaired) electrons. The van der Waals surface area contributed by atoms with Crippen molar-refractivity contribution in [2.45, 2.75) is 94.6 Å². The van der Waals surface area contributed by atoms with E-state index >= 15 is 0 Å². The zero-order chi connectivity index (χ0) is 38.8. The molecule has 54 heavy (non-hydrogen) atoms. The number of alkyl halides is 9. The summed E-state index contributed by atoms with van der Waals surface area (Å²) in [6.07, 6.45) is -16.1. The van der Waals surface area contributed by atoms with E-state index in [2.05, 4.69) is 23.8 Å². The first-order chi connectivity index (χ1) is 25.5. The lowest BCUT2D eigenvalue weighted by molar-refractivity contribution is -0.457. The van der Waals surface area contributed by atoms with Crippen molar-refractivity contribution in [1.82, 2.24) is 0 Å². The minimum Gasteiger partial charge on any atom is -0.490 e. The molecule has 296 valence electrons. The maximum Gasteiger partial charge on any atom is 0.435 e. The van der Waals surface area contributed by atoms with E-state index in [-0.39, 0.29) is 24.0 Å². The quantitative estimate of drug-likeness (QED) is 0.121. The Bertz CT molecular complexity index is 1640. The summed E-state index contributed by atoms with van der Waals surface area (Å²) in [5.41, 5.74) is -2.92. The first-order valence-electron chi connectivity index (χ1n) is 18.1. The summed E-state index contributed by atoms with van der Waals surface area (Å²) in [5.74, 6) is 3.20. The molecule has 0 heterocycles. The number of rotatable bonds is 14. The Hall–Kier alpha value is -3.65. The second-order valence-electron chi connectivity index (χ2n) is 14.6. The van der Waals surface area contributed by atoms with Crippen molar-refractivity contribution < 1.29 is 63.2 Å². The Morgan fingerprint density at radius 1 is 0.648 bits per heavy atom. The first kappa shape index (κ1) is 40.0. The van der Waals surface area contributed by atoms with Gasteiger partial charge in [0.2, 0.25) is 0 Å². The molecule has 2 saturated carbocycles. The minimum atomic E-state index is -6.74. The van der Waals surface area contributed by atoms with Gasteiger partial charge in [-0.1, -0.05) is 43.3 Å². The highest BCUT2D eigenvalue weighted by Crippen LogP contribution is 2.62. The largest absolute Gasteiger partial charge is 0.490 e. The van der Waals surface area contributed by atoms with Crippen LogP contribution in [0.4, 0.5) is 39.5 Å². The Morgan fingerprint density at radius 2 is 1.26 bits per heavy atom. The molecular formula is C40H43F9O5. The summed E-state index contributed by atoms with van der Waals surface area (Å²) in [6.45, 7) is 1.56. The molecule has 2 fully saturated rings. The average Bonchev–Trinajstić information content (AvgIpc) is 3.45. The predicted octanol–water partition coefficient (Wildman–Crippen LogP) is 10.8. The second-order valence-corrected chi connectivity index (χ2v) is 14.6. The Balaban J connectivity index is 0.958. The summed E-state index contributed by atoms with van der Waals surface area (Å²) in [6, 6.07) is 23.5. The number of aryl methyl sites for hydroxylation is 1. The summed E-state index contributed by atoms with van der Waals surface area (Å²) in [4.78, 5) is 0. The molecule has 5 nitrogen and oxygen atoms in total. The van der Waals surface area contributed by atoms with E-state index in [0.29, 0.717) is 43.8 Å². The number of hydrogen-bond donors (Lipinski definition) is 0. The molecule has 3 aromatic rings. The maximum atomic E-state index is 13.2. The van der Waals surface area contributed by atoms with Gasteiger partial charge in [0.05, 0.1) is 12.7 Å². The van der Waals surface area contributed by atoms with Crippen LogP contribution in [0, 0.1) is 17.3 Å². The maximum absolute atomic E-state index is 13.2. The van der Waals surface area contributed by atoms with Crippen LogP contribution in [0.2, 0.25) is 0 Å². The second kappa shape index (κ2) is 15.8. The SMILES string of the molecule is C[C@]12CC[C@@H]3c4ccc(OCCOc5ccc(OCc6ccccc6)cc5)cc4CC[C@H]3[C@@H]1CC[C@@H]2OCCCOC(C(F)(F)F)(C(F)(F)F)C(F)(F)F. The van der Waals surface area contributed by atoms with E-state index < -0.39 is 37.2 Å². The van der Waals surface area contributed by atoms with Crippen LogP contribution >= 0.6 is 0 Å². The van der Waals surface area contributed by atoms with Crippen molar-refractivity contribution in [3.05, 3.63) is 89.5 Å². The van der Waals surface area contributed by atoms with Crippen molar-refractivity contribution in [1.29, 1.82) is 0 Å². The van der Waals surface area contributed by atoms with Gasteiger partial charge in [-0.05, 0) is 121 Å². The van der Waals surface area contributed by atoms with E-state index in [9.17, 15) is 39.5 Å². The van der Waals surface area contributed by atoms with E-state index in [0.717, 1.165) is 49.2 Å². The third-order valence-electron chi connectivity index (χ3n) is 11.4. The molecule has 0 spiro atoms. The van der Waals surface area contributed by atoms with Gasteiger partial charge < -0.3 is 23.7 Å². The Labute approximate surface area is 308 Å². The van der Waals surface area contributed by atoms with Gasteiger partial charge in [-0.25, -0.2) is 0 Å². The van der Waals surface area contributed by atoms with Gasteiger partial charge in [0.1, 0.15) is 37.1 Å². The lowest BCUT2D eigenvalue weighted by Gasteiger charge is -2.50. The van der Waals surface area contributed by atoms with Gasteiger partial charge in [-0.3, -0.25) is 0 Å². The molecule has 6 rings (SSSR count). The van der Waals surface area contributed by atoms with Crippen LogP contribution in [0.15, 0.2) is 72.8 Å². The van der Waals surface area contributed by atoms with E-state index in [1.54, 1.807) is 0 Å². The van der Waals surface area contributed by atoms with Crippen molar-refractivity contribution in [3.63, 3.8) is 0 Å². The van der Waals surface area contributed by atoms with Crippen molar-refractivity contribution in [3.8, 4) is 17.2 Å². The molecule has 5 atom stereocenters. The van der Waals surface area contributed by atoms with Crippen LogP contribution in [-0.4, -0.2) is 56.7 Å². The highest BCUT2D eigenvalue weighted by Gasteiger charge is 2.85. The smallest absolute Gasteiger partial charge is 0.435 e. The zero-order valence-corrected chi connectivity index (χ0v) is 29.7. The fourth-order valence-electron chi connectivity index (χ4n) is 8.80. The molecule has 3 aliphatic rings. The fraction of sp³-hybridized carbons (Fsp3) is 0.550. The van der Waals surface area contributed by atoms with E-state index in [1.165, 1.54) is 11.1 Å². The highest BCUT2D eigenvalue weighted by atomic mass is 19.4. The van der Waals surface area contributed by atoms with E-state index in [1.807, 2.05) is 60.7 Å². The first-order valence-corrected chi connectivity index (χ1v) is 18.1. The molecule has 0 unspecified atom stereocenters. The van der Waals surface area contributed by atoms with Crippen LogP contribution in [0.25, 0.3) is 0 Å². The monoisotopic (exact) mass is 774 g/mol. The van der Waals surface area contributed by atoms with Crippen LogP contribution in [0.1, 0.15) is 68.1 Å². The topological polar surface area (TPSA) is 46.2 Å². The summed E-state index contributed by atoms with van der Waals surface area (Å²) >= 11 is 0.